The van der Waals surface area contributed by atoms with Gasteiger partial charge in [0.15, 0.2) is 0 Å². The quantitative estimate of drug-likeness (QED) is 0.736. The molecule has 0 heterocycles. The van der Waals surface area contributed by atoms with Crippen molar-refractivity contribution in [3.63, 3.8) is 0 Å². The van der Waals surface area contributed by atoms with E-state index >= 15 is 0 Å². The average molecular weight is 286 g/mol. The number of carboxylic acids is 1. The highest BCUT2D eigenvalue weighted by atomic mass is 32.2. The molecule has 106 valence electrons. The van der Waals surface area contributed by atoms with Gasteiger partial charge in [-0.15, -0.1) is 0 Å². The summed E-state index contributed by atoms with van der Waals surface area (Å²) in [6, 6.07) is 4.10. The van der Waals surface area contributed by atoms with Gasteiger partial charge >= 0.3 is 5.97 Å². The fourth-order valence-electron chi connectivity index (χ4n) is 1.48. The minimum atomic E-state index is -3.65. The van der Waals surface area contributed by atoms with Crippen LogP contribution in [0.15, 0.2) is 23.1 Å². The highest BCUT2D eigenvalue weighted by molar-refractivity contribution is 7.89. The Bertz CT molecular complexity index is 569. The Morgan fingerprint density at radius 3 is 2.53 bits per heavy atom. The van der Waals surface area contributed by atoms with E-state index in [4.69, 9.17) is 5.11 Å². The van der Waals surface area contributed by atoms with Gasteiger partial charge in [-0.3, -0.25) is 0 Å². The van der Waals surface area contributed by atoms with E-state index in [1.54, 1.807) is 0 Å². The molecule has 1 aromatic carbocycles. The fraction of sp³-hybridized carbons (Fsp3) is 0.417. The molecule has 0 unspecified atom stereocenters. The van der Waals surface area contributed by atoms with Crippen molar-refractivity contribution in [2.24, 2.45) is 0 Å². The van der Waals surface area contributed by atoms with Gasteiger partial charge in [-0.1, -0.05) is 6.92 Å². The van der Waals surface area contributed by atoms with Crippen molar-refractivity contribution in [1.82, 2.24) is 4.72 Å². The Balaban J connectivity index is 3.27. The largest absolute Gasteiger partial charge is 0.478 e. The van der Waals surface area contributed by atoms with Gasteiger partial charge in [0.2, 0.25) is 10.0 Å². The number of benzene rings is 1. The van der Waals surface area contributed by atoms with Crippen molar-refractivity contribution < 1.29 is 18.3 Å². The third kappa shape index (κ3) is 3.68. The first-order valence-corrected chi connectivity index (χ1v) is 7.37. The Labute approximate surface area is 112 Å². The van der Waals surface area contributed by atoms with Crippen LogP contribution in [0.5, 0.6) is 0 Å². The first-order chi connectivity index (χ1) is 8.81. The van der Waals surface area contributed by atoms with Crippen LogP contribution in [-0.4, -0.2) is 32.6 Å². The molecule has 1 atom stereocenters. The zero-order valence-corrected chi connectivity index (χ0v) is 11.9. The van der Waals surface area contributed by atoms with Crippen LogP contribution in [0.2, 0.25) is 0 Å². The lowest BCUT2D eigenvalue weighted by molar-refractivity contribution is 0.0697. The van der Waals surface area contributed by atoms with E-state index < -0.39 is 16.0 Å². The summed E-state index contributed by atoms with van der Waals surface area (Å²) < 4.78 is 25.4. The van der Waals surface area contributed by atoms with E-state index in [-0.39, 0.29) is 16.5 Å². The molecule has 1 aromatic rings. The summed E-state index contributed by atoms with van der Waals surface area (Å²) >= 11 is 0. The molecule has 3 N–H and O–H groups in total. The van der Waals surface area contributed by atoms with Crippen LogP contribution in [0.1, 0.15) is 30.6 Å². The summed E-state index contributed by atoms with van der Waals surface area (Å²) in [7, 11) is -2.37. The molecule has 6 nitrogen and oxygen atoms in total. The van der Waals surface area contributed by atoms with Crippen LogP contribution in [0.3, 0.4) is 0 Å². The molecule has 0 fully saturated rings. The molecule has 0 amide bonds. The summed E-state index contributed by atoms with van der Waals surface area (Å²) in [4.78, 5) is 11.1. The standard InChI is InChI=1S/C12H18N2O4S/c1-4-8(2)14-11-6-5-9(19(17,18)13-3)7-10(11)12(15)16/h5-8,13-14H,4H2,1-3H3,(H,15,16)/t8-/m1/s1. The van der Waals surface area contributed by atoms with E-state index in [2.05, 4.69) is 10.0 Å². The maximum atomic E-state index is 11.6. The summed E-state index contributed by atoms with van der Waals surface area (Å²) in [5.74, 6) is -1.17. The lowest BCUT2D eigenvalue weighted by Crippen LogP contribution is -2.20. The normalized spacial score (nSPS) is 13.0. The van der Waals surface area contributed by atoms with Gasteiger partial charge in [-0.05, 0) is 38.6 Å². The molecule has 1 rings (SSSR count). The third-order valence-electron chi connectivity index (χ3n) is 2.81. The summed E-state index contributed by atoms with van der Waals surface area (Å²) in [6.45, 7) is 3.89. The lowest BCUT2D eigenvalue weighted by Gasteiger charge is -2.16. The van der Waals surface area contributed by atoms with Crippen molar-refractivity contribution in [1.29, 1.82) is 0 Å². The molecule has 0 bridgehead atoms. The average Bonchev–Trinajstić information content (AvgIpc) is 2.38. The molecule has 0 aliphatic carbocycles. The minimum absolute atomic E-state index is 0.0587. The van der Waals surface area contributed by atoms with Crippen LogP contribution in [-0.2, 0) is 10.0 Å². The Morgan fingerprint density at radius 2 is 2.05 bits per heavy atom. The minimum Gasteiger partial charge on any atom is -0.478 e. The molecule has 19 heavy (non-hydrogen) atoms. The number of nitrogens with one attached hydrogen (secondary N) is 2. The summed E-state index contributed by atoms with van der Waals surface area (Å²) in [5, 5.41) is 12.2. The van der Waals surface area contributed by atoms with Crippen molar-refractivity contribution in [2.45, 2.75) is 31.2 Å². The van der Waals surface area contributed by atoms with Crippen LogP contribution in [0.25, 0.3) is 0 Å². The highest BCUT2D eigenvalue weighted by Gasteiger charge is 2.18. The van der Waals surface area contributed by atoms with Gasteiger partial charge in [-0.2, -0.15) is 0 Å². The Kier molecular flexibility index (Phi) is 4.90. The van der Waals surface area contributed by atoms with Crippen LogP contribution in [0, 0.1) is 0 Å². The van der Waals surface area contributed by atoms with Crippen molar-refractivity contribution in [3.8, 4) is 0 Å². The van der Waals surface area contributed by atoms with Gasteiger partial charge < -0.3 is 10.4 Å². The smallest absolute Gasteiger partial charge is 0.337 e. The van der Waals surface area contributed by atoms with Gasteiger partial charge in [-0.25, -0.2) is 17.9 Å². The SMILES string of the molecule is CC[C@@H](C)Nc1ccc(S(=O)(=O)NC)cc1C(=O)O. The van der Waals surface area contributed by atoms with Gasteiger partial charge in [0.25, 0.3) is 0 Å². The maximum absolute atomic E-state index is 11.6. The fourth-order valence-corrected chi connectivity index (χ4v) is 2.23. The van der Waals surface area contributed by atoms with E-state index in [1.807, 2.05) is 13.8 Å². The maximum Gasteiger partial charge on any atom is 0.337 e. The number of carbonyl (C=O) groups is 1. The molecule has 7 heteroatoms. The van der Waals surface area contributed by atoms with Crippen LogP contribution >= 0.6 is 0 Å². The molecule has 0 spiro atoms. The number of hydrogen-bond donors (Lipinski definition) is 3. The number of anilines is 1. The highest BCUT2D eigenvalue weighted by Crippen LogP contribution is 2.21. The third-order valence-corrected chi connectivity index (χ3v) is 4.23. The molecular weight excluding hydrogens is 268 g/mol. The molecule has 0 aliphatic rings. The van der Waals surface area contributed by atoms with Crippen LogP contribution < -0.4 is 10.0 Å². The van der Waals surface area contributed by atoms with E-state index in [0.29, 0.717) is 5.69 Å². The first-order valence-electron chi connectivity index (χ1n) is 5.89. The van der Waals surface area contributed by atoms with Gasteiger partial charge in [0, 0.05) is 11.7 Å². The van der Waals surface area contributed by atoms with Crippen molar-refractivity contribution in [2.75, 3.05) is 12.4 Å². The lowest BCUT2D eigenvalue weighted by atomic mass is 10.1. The number of hydrogen-bond acceptors (Lipinski definition) is 4. The second kappa shape index (κ2) is 6.03. The molecule has 0 radical (unpaired) electrons. The van der Waals surface area contributed by atoms with E-state index in [9.17, 15) is 13.2 Å². The number of aromatic carboxylic acids is 1. The Hall–Kier alpha value is -1.60. The topological polar surface area (TPSA) is 95.5 Å². The van der Waals surface area contributed by atoms with Gasteiger partial charge in [0.05, 0.1) is 10.5 Å². The monoisotopic (exact) mass is 286 g/mol. The van der Waals surface area contributed by atoms with Crippen LogP contribution in [0.4, 0.5) is 5.69 Å². The zero-order valence-electron chi connectivity index (χ0n) is 11.1. The van der Waals surface area contributed by atoms with Gasteiger partial charge in [0.1, 0.15) is 0 Å². The van der Waals surface area contributed by atoms with E-state index in [1.165, 1.54) is 19.2 Å². The predicted molar refractivity (Wildman–Crippen MR) is 73.0 cm³/mol. The molecule has 0 aliphatic heterocycles. The molecule has 0 saturated heterocycles. The van der Waals surface area contributed by atoms with Crippen molar-refractivity contribution in [3.05, 3.63) is 23.8 Å². The second-order valence-electron chi connectivity index (χ2n) is 4.17. The number of sulfonamides is 1. The Morgan fingerprint density at radius 1 is 1.42 bits per heavy atom. The first kappa shape index (κ1) is 15.5. The molecule has 0 aromatic heterocycles. The summed E-state index contributed by atoms with van der Waals surface area (Å²) in [6.07, 6.45) is 0.829. The summed E-state index contributed by atoms with van der Waals surface area (Å²) in [5.41, 5.74) is 0.355. The number of carboxylic acid groups (broad SMARTS) is 1. The van der Waals surface area contributed by atoms with Crippen molar-refractivity contribution >= 4 is 21.7 Å². The van der Waals surface area contributed by atoms with E-state index in [0.717, 1.165) is 12.5 Å². The second-order valence-corrected chi connectivity index (χ2v) is 6.06. The number of rotatable bonds is 6. The predicted octanol–water partition coefficient (Wildman–Crippen LogP) is 1.50. The zero-order chi connectivity index (χ0) is 14.6. The molecular formula is C12H18N2O4S. The molecule has 0 saturated carbocycles.